The molecule has 11 nitrogen and oxygen atoms in total. The zero-order chi connectivity index (χ0) is 42.5. The number of primary amides is 1. The van der Waals surface area contributed by atoms with Crippen LogP contribution >= 0.6 is 11.8 Å². The van der Waals surface area contributed by atoms with E-state index in [9.17, 15) is 41.1 Å². The van der Waals surface area contributed by atoms with Crippen LogP contribution in [0.15, 0.2) is 82.6 Å². The molecule has 0 radical (unpaired) electrons. The van der Waals surface area contributed by atoms with Crippen molar-refractivity contribution in [3.8, 4) is 11.1 Å². The van der Waals surface area contributed by atoms with Gasteiger partial charge in [0.25, 0.3) is 0 Å². The number of carboxylic acid groups (broad SMARTS) is 2. The molecule has 0 saturated carbocycles. The number of aromatic nitrogens is 1. The number of hydrogen-bond donors (Lipinski definition) is 5. The summed E-state index contributed by atoms with van der Waals surface area (Å²) in [6.45, 7) is 1.48. The number of aliphatic carboxylic acids is 2. The maximum absolute atomic E-state index is 14.7. The highest BCUT2D eigenvalue weighted by Gasteiger charge is 2.49. The van der Waals surface area contributed by atoms with E-state index in [2.05, 4.69) is 4.90 Å². The summed E-state index contributed by atoms with van der Waals surface area (Å²) in [5.74, 6) is -6.16. The number of aliphatic hydroxyl groups excluding tert-OH is 2. The van der Waals surface area contributed by atoms with E-state index >= 15 is 0 Å². The first kappa shape index (κ1) is 44.0. The molecule has 4 aromatic rings. The van der Waals surface area contributed by atoms with Crippen LogP contribution in [0, 0.1) is 17.6 Å². The lowest BCUT2D eigenvalue weighted by molar-refractivity contribution is -0.165. The number of alkyl halides is 3. The zero-order valence-corrected chi connectivity index (χ0v) is 32.0. The van der Waals surface area contributed by atoms with Gasteiger partial charge in [0, 0.05) is 35.1 Å². The Balaban J connectivity index is 0.000000567. The van der Waals surface area contributed by atoms with Crippen molar-refractivity contribution in [3.05, 3.63) is 123 Å². The second-order valence-corrected chi connectivity index (χ2v) is 15.3. The number of hydrogen-bond acceptors (Lipinski definition) is 8. The number of halogens is 5. The van der Waals surface area contributed by atoms with Gasteiger partial charge in [-0.3, -0.25) is 9.59 Å². The fraction of sp³-hybridized carbons (Fsp3) is 0.366. The molecular formula is C41H42F5N3O8S. The molecule has 1 aliphatic heterocycles. The second-order valence-electron chi connectivity index (χ2n) is 14.3. The maximum Gasteiger partial charge on any atom is 0.416 e. The number of likely N-dealkylation sites (tertiary alicyclic amines) is 1. The fourth-order valence-corrected chi connectivity index (χ4v) is 8.65. The van der Waals surface area contributed by atoms with Crippen molar-refractivity contribution >= 4 is 29.6 Å². The number of thioether (sulfide) groups is 1. The number of aliphatic hydroxyl groups is 2. The monoisotopic (exact) mass is 831 g/mol. The third-order valence-corrected chi connectivity index (χ3v) is 11.7. The Hall–Kier alpha value is -5.10. The normalized spacial score (nSPS) is 16.7. The number of benzene rings is 3. The smallest absolute Gasteiger partial charge is 0.416 e. The van der Waals surface area contributed by atoms with Crippen molar-refractivity contribution < 1.29 is 56.8 Å². The van der Waals surface area contributed by atoms with Crippen molar-refractivity contribution in [1.29, 1.82) is 0 Å². The molecule has 1 amide bonds. The SMILES string of the molecule is CN1CCC(C(Cc2ccc(-c3ccc(C(F)(F)F)cc3)cc2)(C(N)=O)n2c(SCc3cccc(F)c3F)cc(=O)c3c2CCC3)CC1.O=C(O)C(O)C(O)C(=O)O. The summed E-state index contributed by atoms with van der Waals surface area (Å²) in [7, 11) is 2.02. The fourth-order valence-electron chi connectivity index (χ4n) is 7.53. The van der Waals surface area contributed by atoms with E-state index in [1.54, 1.807) is 0 Å². The molecule has 0 spiro atoms. The van der Waals surface area contributed by atoms with E-state index in [-0.39, 0.29) is 29.1 Å². The lowest BCUT2D eigenvalue weighted by Gasteiger charge is -2.46. The molecule has 6 rings (SSSR count). The van der Waals surface area contributed by atoms with E-state index in [4.69, 9.17) is 26.2 Å². The van der Waals surface area contributed by atoms with Gasteiger partial charge in [0.05, 0.1) is 10.6 Å². The summed E-state index contributed by atoms with van der Waals surface area (Å²) in [4.78, 5) is 49.2. The summed E-state index contributed by atoms with van der Waals surface area (Å²) < 4.78 is 70.1. The van der Waals surface area contributed by atoms with E-state index in [0.717, 1.165) is 49.0 Å². The van der Waals surface area contributed by atoms with Crippen LogP contribution in [0.5, 0.6) is 0 Å². The number of piperidine rings is 1. The second kappa shape index (κ2) is 18.2. The quantitative estimate of drug-likeness (QED) is 0.0936. The van der Waals surface area contributed by atoms with Crippen molar-refractivity contribution in [2.75, 3.05) is 20.1 Å². The van der Waals surface area contributed by atoms with Gasteiger partial charge in [0.1, 0.15) is 5.54 Å². The first-order valence-corrected chi connectivity index (χ1v) is 19.2. The molecule has 17 heteroatoms. The van der Waals surface area contributed by atoms with Gasteiger partial charge in [-0.2, -0.15) is 13.2 Å². The molecule has 1 aromatic heterocycles. The number of nitrogens with zero attached hydrogens (tertiary/aromatic N) is 2. The van der Waals surface area contributed by atoms with Crippen LogP contribution in [0.3, 0.4) is 0 Å². The summed E-state index contributed by atoms with van der Waals surface area (Å²) in [6.07, 6.45) is -5.53. The number of carbonyl (C=O) groups excluding carboxylic acids is 1. The topological polar surface area (TPSA) is 183 Å². The first-order chi connectivity index (χ1) is 27.3. The predicted molar refractivity (Wildman–Crippen MR) is 204 cm³/mol. The number of carboxylic acids is 2. The number of pyridine rings is 1. The molecule has 6 N–H and O–H groups in total. The van der Waals surface area contributed by atoms with Crippen LogP contribution in [-0.4, -0.2) is 80.1 Å². The van der Waals surface area contributed by atoms with Crippen molar-refractivity contribution in [3.63, 3.8) is 0 Å². The summed E-state index contributed by atoms with van der Waals surface area (Å²) in [5.41, 5.74) is 7.98. The number of fused-ring (bicyclic) bond motifs is 1. The minimum absolute atomic E-state index is 0.0336. The van der Waals surface area contributed by atoms with Gasteiger partial charge in [-0.15, -0.1) is 11.8 Å². The average molecular weight is 832 g/mol. The first-order valence-electron chi connectivity index (χ1n) is 18.3. The van der Waals surface area contributed by atoms with Gasteiger partial charge in [0.2, 0.25) is 5.91 Å². The van der Waals surface area contributed by atoms with Gasteiger partial charge in [0.15, 0.2) is 29.3 Å². The maximum atomic E-state index is 14.7. The average Bonchev–Trinajstić information content (AvgIpc) is 3.68. The number of rotatable bonds is 12. The van der Waals surface area contributed by atoms with Crippen LogP contribution in [-0.2, 0) is 51.1 Å². The van der Waals surface area contributed by atoms with Crippen LogP contribution < -0.4 is 11.2 Å². The third-order valence-electron chi connectivity index (χ3n) is 10.6. The van der Waals surface area contributed by atoms with E-state index in [0.29, 0.717) is 47.4 Å². The Bertz CT molecular complexity index is 2170. The van der Waals surface area contributed by atoms with Gasteiger partial charge in [-0.25, -0.2) is 18.4 Å². The lowest BCUT2D eigenvalue weighted by atomic mass is 9.72. The molecule has 310 valence electrons. The van der Waals surface area contributed by atoms with Crippen LogP contribution in [0.2, 0.25) is 0 Å². The molecular weight excluding hydrogens is 790 g/mol. The Kier molecular flexibility index (Phi) is 13.8. The Morgan fingerprint density at radius 3 is 1.98 bits per heavy atom. The summed E-state index contributed by atoms with van der Waals surface area (Å²) in [5, 5.41) is 33.0. The van der Waals surface area contributed by atoms with E-state index < -0.39 is 59.0 Å². The lowest BCUT2D eigenvalue weighted by Crippen LogP contribution is -2.57. The molecule has 3 atom stereocenters. The van der Waals surface area contributed by atoms with E-state index in [1.165, 1.54) is 42.1 Å². The minimum atomic E-state index is -4.43. The van der Waals surface area contributed by atoms with Crippen LogP contribution in [0.4, 0.5) is 22.0 Å². The molecule has 2 aliphatic rings. The van der Waals surface area contributed by atoms with Crippen molar-refractivity contribution in [1.82, 2.24) is 9.47 Å². The highest BCUT2D eigenvalue weighted by molar-refractivity contribution is 7.98. The third kappa shape index (κ3) is 9.60. The largest absolute Gasteiger partial charge is 0.479 e. The number of carbonyl (C=O) groups is 3. The predicted octanol–water partition coefficient (Wildman–Crippen LogP) is 5.24. The van der Waals surface area contributed by atoms with Gasteiger partial charge < -0.3 is 35.6 Å². The van der Waals surface area contributed by atoms with Crippen molar-refractivity contribution in [2.45, 2.75) is 73.2 Å². The highest BCUT2D eigenvalue weighted by Crippen LogP contribution is 2.43. The molecule has 2 heterocycles. The highest BCUT2D eigenvalue weighted by atomic mass is 32.2. The Morgan fingerprint density at radius 2 is 1.45 bits per heavy atom. The molecule has 0 bridgehead atoms. The van der Waals surface area contributed by atoms with Crippen molar-refractivity contribution in [2.24, 2.45) is 11.7 Å². The van der Waals surface area contributed by atoms with Gasteiger partial charge >= 0.3 is 18.1 Å². The number of nitrogens with two attached hydrogens (primary N) is 1. The molecule has 3 aromatic carbocycles. The molecule has 58 heavy (non-hydrogen) atoms. The standard InChI is InChI=1S/C37H36F5N3O2S.C4H6O6/c1-44-18-16-27(17-19-44)36(35(43)47,21-23-8-10-24(11-9-23)25-12-14-28(15-13-25)37(40,41)42)45-31-7-3-5-29(31)32(46)20-33(45)48-22-26-4-2-6-30(38)34(26)39;5-1(3(7)8)2(6)4(9)10/h2,4,6,8-15,20,27H,3,5,7,16-19,21-22H2,1H3,(H2,43,47);1-2,5-6H,(H,7,8)(H,9,10). The van der Waals surface area contributed by atoms with Crippen LogP contribution in [0.25, 0.3) is 11.1 Å². The molecule has 1 saturated heterocycles. The molecule has 1 aliphatic carbocycles. The summed E-state index contributed by atoms with van der Waals surface area (Å²) >= 11 is 1.18. The van der Waals surface area contributed by atoms with Gasteiger partial charge in [-0.1, -0.05) is 48.5 Å². The molecule has 3 unspecified atom stereocenters. The Morgan fingerprint density at radius 1 is 0.879 bits per heavy atom. The molecule has 1 fully saturated rings. The van der Waals surface area contributed by atoms with Gasteiger partial charge in [-0.05, 0) is 93.0 Å². The zero-order valence-electron chi connectivity index (χ0n) is 31.2. The minimum Gasteiger partial charge on any atom is -0.479 e. The Labute approximate surface area is 333 Å². The van der Waals surface area contributed by atoms with E-state index in [1.807, 2.05) is 35.9 Å². The summed E-state index contributed by atoms with van der Waals surface area (Å²) in [6, 6.07) is 17.8. The van der Waals surface area contributed by atoms with Crippen LogP contribution in [0.1, 0.15) is 47.2 Å². The number of amides is 1.